The lowest BCUT2D eigenvalue weighted by molar-refractivity contribution is -0.143. The molecule has 8 heteroatoms. The number of rotatable bonds is 6. The van der Waals surface area contributed by atoms with Crippen molar-refractivity contribution in [1.29, 1.82) is 0 Å². The first-order valence-corrected chi connectivity index (χ1v) is 10.1. The van der Waals surface area contributed by atoms with Crippen LogP contribution in [0, 0.1) is 18.8 Å². The Balaban J connectivity index is 1.81. The van der Waals surface area contributed by atoms with Gasteiger partial charge in [0.05, 0.1) is 18.0 Å². The summed E-state index contributed by atoms with van der Waals surface area (Å²) in [4.78, 5) is 30.2. The van der Waals surface area contributed by atoms with Gasteiger partial charge in [-0.1, -0.05) is 43.7 Å². The van der Waals surface area contributed by atoms with E-state index in [0.29, 0.717) is 19.4 Å². The van der Waals surface area contributed by atoms with Crippen molar-refractivity contribution in [3.05, 3.63) is 48.0 Å². The van der Waals surface area contributed by atoms with E-state index in [-0.39, 0.29) is 30.6 Å². The number of carboxylic acids is 1. The monoisotopic (exact) mass is 399 g/mol. The molecule has 0 aliphatic carbocycles. The minimum atomic E-state index is -0.846. The number of carbonyl (C=O) groups is 2. The van der Waals surface area contributed by atoms with Gasteiger partial charge in [0.25, 0.3) is 0 Å². The van der Waals surface area contributed by atoms with Crippen molar-refractivity contribution in [3.63, 3.8) is 0 Å². The van der Waals surface area contributed by atoms with Crippen LogP contribution >= 0.6 is 0 Å². The van der Waals surface area contributed by atoms with Gasteiger partial charge in [0.1, 0.15) is 12.7 Å². The van der Waals surface area contributed by atoms with E-state index in [0.717, 1.165) is 11.1 Å². The van der Waals surface area contributed by atoms with Crippen LogP contribution < -0.4 is 5.32 Å². The van der Waals surface area contributed by atoms with Crippen LogP contribution in [0.3, 0.4) is 0 Å². The molecule has 2 N–H and O–H groups in total. The molecule has 2 heterocycles. The number of aliphatic carboxylic acids is 1. The first-order chi connectivity index (χ1) is 13.9. The fourth-order valence-corrected chi connectivity index (χ4v) is 4.04. The van der Waals surface area contributed by atoms with Crippen LogP contribution in [-0.4, -0.2) is 55.9 Å². The van der Waals surface area contributed by atoms with Crippen LogP contribution in [0.1, 0.15) is 43.9 Å². The number of carboxylic acid groups (broad SMARTS) is 1. The Bertz CT molecular complexity index is 821. The number of likely N-dealkylation sites (tertiary alicyclic amines) is 1. The molecule has 0 saturated carbocycles. The average Bonchev–Trinajstić information content (AvgIpc) is 3.22. The first kappa shape index (κ1) is 20.8. The smallest absolute Gasteiger partial charge is 0.317 e. The third-order valence-corrected chi connectivity index (χ3v) is 5.57. The molecule has 0 bridgehead atoms. The second kappa shape index (κ2) is 9.07. The van der Waals surface area contributed by atoms with Crippen LogP contribution in [0.5, 0.6) is 0 Å². The Morgan fingerprint density at radius 3 is 2.59 bits per heavy atom. The highest BCUT2D eigenvalue weighted by molar-refractivity contribution is 5.77. The third-order valence-electron chi connectivity index (χ3n) is 5.57. The van der Waals surface area contributed by atoms with E-state index in [2.05, 4.69) is 15.4 Å². The fourth-order valence-electron chi connectivity index (χ4n) is 4.04. The Morgan fingerprint density at radius 2 is 2.00 bits per heavy atom. The van der Waals surface area contributed by atoms with Gasteiger partial charge in [-0.05, 0) is 31.2 Å². The molecule has 0 spiro atoms. The minimum Gasteiger partial charge on any atom is -0.481 e. The van der Waals surface area contributed by atoms with Crippen LogP contribution in [-0.2, 0) is 4.79 Å². The Kier molecular flexibility index (Phi) is 6.51. The molecule has 1 fully saturated rings. The standard InChI is InChI=1S/C21H29N5O3/c1-4-18(24-21(29)25-10-15(3)9-17(11-25)20(27)28)19(26-13-22-12-23-26)16-7-5-14(2)6-8-16/h5-8,12-13,15,17-19H,4,9-11H2,1-3H3,(H,24,29)(H,27,28). The van der Waals surface area contributed by atoms with Gasteiger partial charge in [-0.3, -0.25) is 4.79 Å². The minimum absolute atomic E-state index is 0.152. The number of piperidine rings is 1. The number of aryl methyl sites for hydroxylation is 1. The van der Waals surface area contributed by atoms with Crippen LogP contribution in [0.2, 0.25) is 0 Å². The van der Waals surface area contributed by atoms with E-state index in [1.807, 2.05) is 45.0 Å². The highest BCUT2D eigenvalue weighted by Gasteiger charge is 2.34. The lowest BCUT2D eigenvalue weighted by Crippen LogP contribution is -2.53. The molecule has 156 valence electrons. The van der Waals surface area contributed by atoms with Crippen molar-refractivity contribution in [2.75, 3.05) is 13.1 Å². The summed E-state index contributed by atoms with van der Waals surface area (Å²) >= 11 is 0. The summed E-state index contributed by atoms with van der Waals surface area (Å²) in [6, 6.07) is 7.51. The van der Waals surface area contributed by atoms with E-state index in [1.165, 1.54) is 6.33 Å². The molecule has 1 aromatic carbocycles. The maximum absolute atomic E-state index is 13.0. The molecule has 1 aliphatic rings. The number of benzene rings is 1. The highest BCUT2D eigenvalue weighted by atomic mass is 16.4. The predicted molar refractivity (Wildman–Crippen MR) is 108 cm³/mol. The van der Waals surface area contributed by atoms with Gasteiger partial charge in [0.2, 0.25) is 0 Å². The van der Waals surface area contributed by atoms with E-state index >= 15 is 0 Å². The maximum Gasteiger partial charge on any atom is 0.317 e. The molecule has 0 radical (unpaired) electrons. The lowest BCUT2D eigenvalue weighted by Gasteiger charge is -2.36. The number of hydrogen-bond donors (Lipinski definition) is 2. The Labute approximate surface area is 170 Å². The van der Waals surface area contributed by atoms with Crippen molar-refractivity contribution >= 4 is 12.0 Å². The molecular formula is C21H29N5O3. The number of carbonyl (C=O) groups excluding carboxylic acids is 1. The number of nitrogens with one attached hydrogen (secondary N) is 1. The molecule has 8 nitrogen and oxygen atoms in total. The number of nitrogens with zero attached hydrogens (tertiary/aromatic N) is 4. The molecule has 1 aromatic heterocycles. The molecular weight excluding hydrogens is 370 g/mol. The van der Waals surface area contributed by atoms with Gasteiger partial charge in [-0.25, -0.2) is 14.5 Å². The van der Waals surface area contributed by atoms with Crippen molar-refractivity contribution in [3.8, 4) is 0 Å². The second-order valence-electron chi connectivity index (χ2n) is 7.98. The number of urea groups is 1. The van der Waals surface area contributed by atoms with Gasteiger partial charge in [0, 0.05) is 13.1 Å². The van der Waals surface area contributed by atoms with Gasteiger partial charge in [-0.15, -0.1) is 0 Å². The topological polar surface area (TPSA) is 100 Å². The zero-order chi connectivity index (χ0) is 21.0. The molecule has 2 amide bonds. The van der Waals surface area contributed by atoms with E-state index < -0.39 is 11.9 Å². The maximum atomic E-state index is 13.0. The van der Waals surface area contributed by atoms with Crippen molar-refractivity contribution in [2.24, 2.45) is 11.8 Å². The molecule has 29 heavy (non-hydrogen) atoms. The summed E-state index contributed by atoms with van der Waals surface area (Å²) in [5.74, 6) is -1.21. The predicted octanol–water partition coefficient (Wildman–Crippen LogP) is 2.71. The van der Waals surface area contributed by atoms with Gasteiger partial charge < -0.3 is 15.3 Å². The largest absolute Gasteiger partial charge is 0.481 e. The van der Waals surface area contributed by atoms with Crippen LogP contribution in [0.15, 0.2) is 36.9 Å². The zero-order valence-electron chi connectivity index (χ0n) is 17.2. The number of amides is 2. The van der Waals surface area contributed by atoms with Crippen LogP contribution in [0.25, 0.3) is 0 Å². The SMILES string of the molecule is CCC(NC(=O)N1CC(C)CC(C(=O)O)C1)C(c1ccc(C)cc1)n1cncn1. The summed E-state index contributed by atoms with van der Waals surface area (Å²) in [5.41, 5.74) is 2.19. The lowest BCUT2D eigenvalue weighted by atomic mass is 9.90. The quantitative estimate of drug-likeness (QED) is 0.778. The van der Waals surface area contributed by atoms with Gasteiger partial charge >= 0.3 is 12.0 Å². The van der Waals surface area contributed by atoms with Gasteiger partial charge in [-0.2, -0.15) is 5.10 Å². The second-order valence-corrected chi connectivity index (χ2v) is 7.98. The van der Waals surface area contributed by atoms with E-state index in [9.17, 15) is 14.7 Å². The van der Waals surface area contributed by atoms with Crippen molar-refractivity contribution < 1.29 is 14.7 Å². The summed E-state index contributed by atoms with van der Waals surface area (Å²) in [6.07, 6.45) is 4.43. The molecule has 1 aliphatic heterocycles. The summed E-state index contributed by atoms with van der Waals surface area (Å²) < 4.78 is 1.76. The fraction of sp³-hybridized carbons (Fsp3) is 0.524. The molecule has 4 unspecified atom stereocenters. The summed E-state index contributed by atoms with van der Waals surface area (Å²) in [7, 11) is 0. The first-order valence-electron chi connectivity index (χ1n) is 10.1. The summed E-state index contributed by atoms with van der Waals surface area (Å²) in [6.45, 7) is 6.83. The number of hydrogen-bond acceptors (Lipinski definition) is 4. The molecule has 1 saturated heterocycles. The summed E-state index contributed by atoms with van der Waals surface area (Å²) in [5, 5.41) is 16.8. The zero-order valence-corrected chi connectivity index (χ0v) is 17.2. The molecule has 4 atom stereocenters. The highest BCUT2D eigenvalue weighted by Crippen LogP contribution is 2.25. The van der Waals surface area contributed by atoms with Gasteiger partial charge in [0.15, 0.2) is 0 Å². The third kappa shape index (κ3) is 4.93. The number of aromatic nitrogens is 3. The molecule has 2 aromatic rings. The Morgan fingerprint density at radius 1 is 1.28 bits per heavy atom. The van der Waals surface area contributed by atoms with Crippen molar-refractivity contribution in [1.82, 2.24) is 25.0 Å². The van der Waals surface area contributed by atoms with E-state index in [1.54, 1.807) is 15.9 Å². The average molecular weight is 399 g/mol. The van der Waals surface area contributed by atoms with Crippen LogP contribution in [0.4, 0.5) is 4.79 Å². The normalized spacial score (nSPS) is 21.4. The Hall–Kier alpha value is -2.90. The van der Waals surface area contributed by atoms with Crippen molar-refractivity contribution in [2.45, 2.75) is 45.7 Å². The van der Waals surface area contributed by atoms with E-state index in [4.69, 9.17) is 0 Å². The molecule has 3 rings (SSSR count).